The molecular weight excluding hydrogens is 309 g/mol. The van der Waals surface area contributed by atoms with Crippen LogP contribution in [-0.4, -0.2) is 11.7 Å². The first-order chi connectivity index (χ1) is 10.1. The monoisotopic (exact) mass is 323 g/mol. The zero-order chi connectivity index (χ0) is 15.1. The molecule has 0 unspecified atom stereocenters. The molecule has 0 saturated heterocycles. The van der Waals surface area contributed by atoms with Gasteiger partial charge in [0, 0.05) is 17.3 Å². The van der Waals surface area contributed by atoms with Crippen molar-refractivity contribution in [3.63, 3.8) is 0 Å². The third-order valence-corrected chi connectivity index (χ3v) is 4.20. The van der Waals surface area contributed by atoms with Crippen LogP contribution in [0.3, 0.4) is 0 Å². The Morgan fingerprint density at radius 2 is 2.00 bits per heavy atom. The number of carbonyl (C=O) groups is 1. The number of hydrogen-bond acceptors (Lipinski definition) is 2. The fourth-order valence-corrected chi connectivity index (χ4v) is 2.78. The van der Waals surface area contributed by atoms with E-state index in [-0.39, 0.29) is 11.7 Å². The maximum atomic E-state index is 13.0. The summed E-state index contributed by atoms with van der Waals surface area (Å²) in [6.45, 7) is 0.416. The molecule has 0 fully saturated rings. The van der Waals surface area contributed by atoms with Crippen LogP contribution < -0.4 is 5.32 Å². The van der Waals surface area contributed by atoms with Gasteiger partial charge in [-0.2, -0.15) is 0 Å². The number of halogens is 2. The summed E-state index contributed by atoms with van der Waals surface area (Å²) in [6.07, 6.45) is 0. The average molecular weight is 324 g/mol. The molecule has 5 heteroatoms. The lowest BCUT2D eigenvalue weighted by Crippen LogP contribution is -2.24. The molecule has 21 heavy (non-hydrogen) atoms. The highest BCUT2D eigenvalue weighted by Gasteiger charge is 2.04. The zero-order valence-electron chi connectivity index (χ0n) is 11.3. The Morgan fingerprint density at radius 1 is 1.19 bits per heavy atom. The van der Waals surface area contributed by atoms with Gasteiger partial charge in [-0.25, -0.2) is 4.39 Å². The van der Waals surface area contributed by atoms with Gasteiger partial charge in [-0.05, 0) is 29.3 Å². The molecule has 1 N–H and O–H groups in total. The molecular formula is C16H15ClFNOS. The Labute approximate surface area is 132 Å². The van der Waals surface area contributed by atoms with Gasteiger partial charge in [-0.3, -0.25) is 4.79 Å². The van der Waals surface area contributed by atoms with Gasteiger partial charge in [0.2, 0.25) is 5.91 Å². The lowest BCUT2D eigenvalue weighted by Gasteiger charge is -2.07. The van der Waals surface area contributed by atoms with Crippen LogP contribution in [0.1, 0.15) is 11.1 Å². The highest BCUT2D eigenvalue weighted by atomic mass is 35.5. The van der Waals surface area contributed by atoms with Gasteiger partial charge in [0.1, 0.15) is 5.82 Å². The summed E-state index contributed by atoms with van der Waals surface area (Å²) in [7, 11) is 0. The number of benzene rings is 2. The summed E-state index contributed by atoms with van der Waals surface area (Å²) in [5, 5.41) is 3.46. The van der Waals surface area contributed by atoms with Crippen molar-refractivity contribution in [1.82, 2.24) is 5.32 Å². The van der Waals surface area contributed by atoms with Crippen LogP contribution in [0.2, 0.25) is 5.02 Å². The fraction of sp³-hybridized carbons (Fsp3) is 0.188. The molecule has 0 aliphatic heterocycles. The van der Waals surface area contributed by atoms with Gasteiger partial charge in [-0.15, -0.1) is 11.8 Å². The van der Waals surface area contributed by atoms with E-state index in [1.54, 1.807) is 12.1 Å². The van der Waals surface area contributed by atoms with Gasteiger partial charge in [0.25, 0.3) is 0 Å². The highest BCUT2D eigenvalue weighted by Crippen LogP contribution is 2.15. The van der Waals surface area contributed by atoms with Crippen molar-refractivity contribution in [2.45, 2.75) is 12.3 Å². The molecule has 2 aromatic carbocycles. The molecule has 0 spiro atoms. The number of rotatable bonds is 6. The van der Waals surface area contributed by atoms with E-state index in [4.69, 9.17) is 11.6 Å². The smallest absolute Gasteiger partial charge is 0.230 e. The van der Waals surface area contributed by atoms with Crippen molar-refractivity contribution in [3.05, 3.63) is 70.5 Å². The van der Waals surface area contributed by atoms with Crippen LogP contribution in [0.15, 0.2) is 48.5 Å². The molecule has 0 aromatic heterocycles. The summed E-state index contributed by atoms with van der Waals surface area (Å²) in [5.41, 5.74) is 1.77. The second kappa shape index (κ2) is 8.05. The molecule has 2 aromatic rings. The standard InChI is InChI=1S/C16H15ClFNOS/c17-15-7-2-1-5-13(15)9-19-16(20)11-21-10-12-4-3-6-14(18)8-12/h1-8H,9-11H2,(H,19,20). The first-order valence-electron chi connectivity index (χ1n) is 6.47. The van der Waals surface area contributed by atoms with E-state index >= 15 is 0 Å². The number of amides is 1. The Hall–Kier alpha value is -1.52. The SMILES string of the molecule is O=C(CSCc1cccc(F)c1)NCc1ccccc1Cl. The van der Waals surface area contributed by atoms with Crippen molar-refractivity contribution in [2.24, 2.45) is 0 Å². The number of nitrogens with one attached hydrogen (secondary N) is 1. The van der Waals surface area contributed by atoms with Crippen molar-refractivity contribution >= 4 is 29.3 Å². The van der Waals surface area contributed by atoms with Crippen molar-refractivity contribution < 1.29 is 9.18 Å². The summed E-state index contributed by atoms with van der Waals surface area (Å²) in [4.78, 5) is 11.7. The molecule has 0 heterocycles. The molecule has 0 saturated carbocycles. The van der Waals surface area contributed by atoms with E-state index in [1.807, 2.05) is 24.3 Å². The van der Waals surface area contributed by atoms with Crippen molar-refractivity contribution in [3.8, 4) is 0 Å². The maximum Gasteiger partial charge on any atom is 0.230 e. The minimum Gasteiger partial charge on any atom is -0.351 e. The Balaban J connectivity index is 1.72. The normalized spacial score (nSPS) is 10.4. The van der Waals surface area contributed by atoms with Crippen LogP contribution in [0.25, 0.3) is 0 Å². The minimum atomic E-state index is -0.253. The average Bonchev–Trinajstić information content (AvgIpc) is 2.46. The first kappa shape index (κ1) is 15.9. The summed E-state index contributed by atoms with van der Waals surface area (Å²) < 4.78 is 13.0. The van der Waals surface area contributed by atoms with E-state index in [2.05, 4.69) is 5.32 Å². The fourth-order valence-electron chi connectivity index (χ4n) is 1.77. The maximum absolute atomic E-state index is 13.0. The second-order valence-corrected chi connectivity index (χ2v) is 5.88. The Kier molecular flexibility index (Phi) is 6.08. The van der Waals surface area contributed by atoms with Crippen LogP contribution in [-0.2, 0) is 17.1 Å². The third-order valence-electron chi connectivity index (χ3n) is 2.82. The summed E-state index contributed by atoms with van der Waals surface area (Å²) >= 11 is 7.47. The van der Waals surface area contributed by atoms with E-state index in [9.17, 15) is 9.18 Å². The molecule has 0 bridgehead atoms. The largest absolute Gasteiger partial charge is 0.351 e. The Morgan fingerprint density at radius 3 is 2.76 bits per heavy atom. The minimum absolute atomic E-state index is 0.0590. The molecule has 0 radical (unpaired) electrons. The third kappa shape index (κ3) is 5.40. The van der Waals surface area contributed by atoms with Crippen molar-refractivity contribution in [2.75, 3.05) is 5.75 Å². The van der Waals surface area contributed by atoms with E-state index in [1.165, 1.54) is 23.9 Å². The topological polar surface area (TPSA) is 29.1 Å². The van der Waals surface area contributed by atoms with Crippen molar-refractivity contribution in [1.29, 1.82) is 0 Å². The number of thioether (sulfide) groups is 1. The lowest BCUT2D eigenvalue weighted by atomic mass is 10.2. The second-order valence-electron chi connectivity index (χ2n) is 4.49. The summed E-state index contributed by atoms with van der Waals surface area (Å²) in [6, 6.07) is 13.8. The van der Waals surface area contributed by atoms with E-state index in [0.29, 0.717) is 23.1 Å². The molecule has 2 rings (SSSR count). The Bertz CT molecular complexity index is 621. The van der Waals surface area contributed by atoms with Crippen LogP contribution >= 0.6 is 23.4 Å². The molecule has 110 valence electrons. The van der Waals surface area contributed by atoms with Gasteiger partial charge in [0.15, 0.2) is 0 Å². The van der Waals surface area contributed by atoms with Crippen LogP contribution in [0.5, 0.6) is 0 Å². The highest BCUT2D eigenvalue weighted by molar-refractivity contribution is 7.99. The first-order valence-corrected chi connectivity index (χ1v) is 8.01. The van der Waals surface area contributed by atoms with E-state index < -0.39 is 0 Å². The summed E-state index contributed by atoms with van der Waals surface area (Å²) in [5.74, 6) is 0.630. The quantitative estimate of drug-likeness (QED) is 0.869. The number of hydrogen-bond donors (Lipinski definition) is 1. The van der Waals surface area contributed by atoms with Crippen LogP contribution in [0, 0.1) is 5.82 Å². The zero-order valence-corrected chi connectivity index (χ0v) is 12.9. The molecule has 1 amide bonds. The predicted octanol–water partition coefficient (Wildman–Crippen LogP) is 4.03. The van der Waals surface area contributed by atoms with E-state index in [0.717, 1.165) is 11.1 Å². The molecule has 0 aliphatic carbocycles. The van der Waals surface area contributed by atoms with Gasteiger partial charge in [-0.1, -0.05) is 41.9 Å². The van der Waals surface area contributed by atoms with Gasteiger partial charge in [0.05, 0.1) is 5.75 Å². The van der Waals surface area contributed by atoms with Gasteiger partial charge < -0.3 is 5.32 Å². The van der Waals surface area contributed by atoms with Crippen LogP contribution in [0.4, 0.5) is 4.39 Å². The molecule has 0 atom stereocenters. The van der Waals surface area contributed by atoms with Gasteiger partial charge >= 0.3 is 0 Å². The lowest BCUT2D eigenvalue weighted by molar-refractivity contribution is -0.118. The number of carbonyl (C=O) groups excluding carboxylic acids is 1. The molecule has 0 aliphatic rings. The predicted molar refractivity (Wildman–Crippen MR) is 85.9 cm³/mol. The molecule has 2 nitrogen and oxygen atoms in total.